The molecule has 0 unspecified atom stereocenters. The predicted molar refractivity (Wildman–Crippen MR) is 103 cm³/mol. The third-order valence-corrected chi connectivity index (χ3v) is 12.5. The molecule has 0 heterocycles. The molecule has 128 valence electrons. The van der Waals surface area contributed by atoms with E-state index in [1.54, 1.807) is 0 Å². The maximum atomic E-state index is 4.14. The van der Waals surface area contributed by atoms with Gasteiger partial charge in [0.05, 0.1) is 0 Å². The second-order valence-electron chi connectivity index (χ2n) is 7.60. The van der Waals surface area contributed by atoms with Gasteiger partial charge in [-0.15, -0.1) is 0 Å². The first-order valence-corrected chi connectivity index (χ1v) is 15.4. The van der Waals surface area contributed by atoms with E-state index < -0.39 is 16.5 Å². The normalized spacial score (nSPS) is 12.9. The van der Waals surface area contributed by atoms with Crippen LogP contribution in [0.5, 0.6) is 0 Å². The second kappa shape index (κ2) is 11.8. The molecular weight excluding hydrogens is 290 g/mol. The summed E-state index contributed by atoms with van der Waals surface area (Å²) < 4.78 is 4.14. The van der Waals surface area contributed by atoms with Crippen LogP contribution >= 0.6 is 0 Å². The Kier molecular flexibility index (Phi) is 12.0. The van der Waals surface area contributed by atoms with Crippen molar-refractivity contribution in [3.05, 3.63) is 0 Å². The molecule has 0 rings (SSSR count). The van der Waals surface area contributed by atoms with Gasteiger partial charge >= 0.3 is 0 Å². The first-order valence-electron chi connectivity index (χ1n) is 9.04. The molecule has 0 amide bonds. The van der Waals surface area contributed by atoms with E-state index in [1.807, 2.05) is 0 Å². The van der Waals surface area contributed by atoms with E-state index in [0.29, 0.717) is 0 Å². The Morgan fingerprint density at radius 2 is 1.00 bits per heavy atom. The van der Waals surface area contributed by atoms with Gasteiger partial charge in [0.25, 0.3) is 0 Å². The summed E-state index contributed by atoms with van der Waals surface area (Å²) in [7, 11) is -2.45. The molecule has 0 bridgehead atoms. The summed E-state index contributed by atoms with van der Waals surface area (Å²) in [6.45, 7) is 19.2. The van der Waals surface area contributed by atoms with Crippen molar-refractivity contribution in [2.75, 3.05) is 26.2 Å². The lowest BCUT2D eigenvalue weighted by Crippen LogP contribution is -2.59. The standard InChI is InChI=1S/C16H41N3Si2/c1-7-11-17-13-9-15-20(3,4)19-21(5,6)16-10-14-18-12-8-2/h17-19H,7-16H2,1-6H3. The van der Waals surface area contributed by atoms with Crippen molar-refractivity contribution in [2.24, 2.45) is 0 Å². The minimum absolute atomic E-state index is 1.17. The molecule has 0 fully saturated rings. The van der Waals surface area contributed by atoms with E-state index in [9.17, 15) is 0 Å². The van der Waals surface area contributed by atoms with Crippen molar-refractivity contribution >= 4 is 16.5 Å². The van der Waals surface area contributed by atoms with Crippen LogP contribution in [0.1, 0.15) is 39.5 Å². The molecule has 3 nitrogen and oxygen atoms in total. The van der Waals surface area contributed by atoms with E-state index in [1.165, 1.54) is 64.0 Å². The Labute approximate surface area is 136 Å². The molecule has 0 spiro atoms. The number of nitrogens with one attached hydrogen (secondary N) is 3. The smallest absolute Gasteiger partial charge is 0.112 e. The minimum Gasteiger partial charge on any atom is -0.359 e. The Hall–Kier alpha value is 0.314. The highest BCUT2D eigenvalue weighted by molar-refractivity contribution is 6.91. The van der Waals surface area contributed by atoms with E-state index >= 15 is 0 Å². The van der Waals surface area contributed by atoms with Gasteiger partial charge in [-0.2, -0.15) is 0 Å². The maximum absolute atomic E-state index is 4.14. The van der Waals surface area contributed by atoms with E-state index in [0.717, 1.165) is 0 Å². The lowest BCUT2D eigenvalue weighted by atomic mass is 10.4. The van der Waals surface area contributed by atoms with E-state index in [2.05, 4.69) is 55.3 Å². The van der Waals surface area contributed by atoms with Crippen LogP contribution < -0.4 is 15.3 Å². The molecule has 0 aromatic heterocycles. The summed E-state index contributed by atoms with van der Waals surface area (Å²) >= 11 is 0. The van der Waals surface area contributed by atoms with Crippen LogP contribution in [0.3, 0.4) is 0 Å². The third kappa shape index (κ3) is 13.7. The van der Waals surface area contributed by atoms with Crippen molar-refractivity contribution < 1.29 is 0 Å². The fourth-order valence-corrected chi connectivity index (χ4v) is 13.4. The number of hydrogen-bond acceptors (Lipinski definition) is 3. The first kappa shape index (κ1) is 21.3. The highest BCUT2D eigenvalue weighted by atomic mass is 28.4. The lowest BCUT2D eigenvalue weighted by molar-refractivity contribution is 0.655. The minimum atomic E-state index is -1.22. The monoisotopic (exact) mass is 331 g/mol. The zero-order valence-electron chi connectivity index (χ0n) is 15.6. The fourth-order valence-electron chi connectivity index (χ4n) is 2.96. The Morgan fingerprint density at radius 1 is 0.619 bits per heavy atom. The Bertz CT molecular complexity index is 222. The predicted octanol–water partition coefficient (Wildman–Crippen LogP) is 3.77. The van der Waals surface area contributed by atoms with Gasteiger partial charge in [0.15, 0.2) is 0 Å². The van der Waals surface area contributed by atoms with Crippen molar-refractivity contribution in [3.8, 4) is 0 Å². The van der Waals surface area contributed by atoms with Gasteiger partial charge in [-0.1, -0.05) is 40.0 Å². The van der Waals surface area contributed by atoms with Gasteiger partial charge in [-0.05, 0) is 64.0 Å². The van der Waals surface area contributed by atoms with Crippen LogP contribution in [0.25, 0.3) is 0 Å². The van der Waals surface area contributed by atoms with E-state index in [-0.39, 0.29) is 0 Å². The van der Waals surface area contributed by atoms with Crippen molar-refractivity contribution in [3.63, 3.8) is 0 Å². The summed E-state index contributed by atoms with van der Waals surface area (Å²) in [6.07, 6.45) is 5.14. The Morgan fingerprint density at radius 3 is 1.33 bits per heavy atom. The summed E-state index contributed by atoms with van der Waals surface area (Å²) in [4.78, 5) is 0. The molecule has 0 aromatic carbocycles. The molecular formula is C16H41N3Si2. The molecule has 3 N–H and O–H groups in total. The average molecular weight is 332 g/mol. The molecule has 0 radical (unpaired) electrons. The molecule has 0 aromatic rings. The zero-order valence-corrected chi connectivity index (χ0v) is 17.6. The summed E-state index contributed by atoms with van der Waals surface area (Å²) in [5.41, 5.74) is 0. The van der Waals surface area contributed by atoms with Gasteiger partial charge in [0.1, 0.15) is 16.5 Å². The number of hydrogen-bond donors (Lipinski definition) is 3. The SMILES string of the molecule is CCCNCCC[Si](C)(C)N[Si](C)(C)CCCNCCC. The molecule has 21 heavy (non-hydrogen) atoms. The molecule has 0 saturated carbocycles. The van der Waals surface area contributed by atoms with Crippen LogP contribution in [-0.4, -0.2) is 42.6 Å². The third-order valence-electron chi connectivity index (χ3n) is 3.84. The van der Waals surface area contributed by atoms with Crippen molar-refractivity contribution in [2.45, 2.75) is 77.8 Å². The molecule has 0 aliphatic rings. The van der Waals surface area contributed by atoms with Crippen LogP contribution in [0.15, 0.2) is 0 Å². The van der Waals surface area contributed by atoms with Crippen molar-refractivity contribution in [1.82, 2.24) is 15.3 Å². The number of rotatable bonds is 14. The second-order valence-corrected chi connectivity index (χ2v) is 17.1. The maximum Gasteiger partial charge on any atom is 0.112 e. The molecule has 0 aliphatic heterocycles. The zero-order chi connectivity index (χ0) is 16.2. The van der Waals surface area contributed by atoms with Crippen LogP contribution in [0.2, 0.25) is 38.3 Å². The van der Waals surface area contributed by atoms with Crippen molar-refractivity contribution in [1.29, 1.82) is 0 Å². The van der Waals surface area contributed by atoms with Gasteiger partial charge in [0.2, 0.25) is 0 Å². The average Bonchev–Trinajstić information content (AvgIpc) is 2.36. The van der Waals surface area contributed by atoms with E-state index in [4.69, 9.17) is 0 Å². The van der Waals surface area contributed by atoms with Gasteiger partial charge in [-0.3, -0.25) is 0 Å². The molecule has 0 atom stereocenters. The molecule has 5 heteroatoms. The van der Waals surface area contributed by atoms with Gasteiger partial charge in [0, 0.05) is 0 Å². The quantitative estimate of drug-likeness (QED) is 0.335. The van der Waals surface area contributed by atoms with Crippen LogP contribution in [-0.2, 0) is 0 Å². The van der Waals surface area contributed by atoms with Gasteiger partial charge < -0.3 is 15.3 Å². The fraction of sp³-hybridized carbons (Fsp3) is 1.00. The molecule has 0 aliphatic carbocycles. The topological polar surface area (TPSA) is 36.1 Å². The first-order chi connectivity index (χ1) is 9.83. The summed E-state index contributed by atoms with van der Waals surface area (Å²) in [6, 6.07) is 2.79. The lowest BCUT2D eigenvalue weighted by Gasteiger charge is -2.35. The van der Waals surface area contributed by atoms with Crippen LogP contribution in [0.4, 0.5) is 0 Å². The van der Waals surface area contributed by atoms with Crippen LogP contribution in [0, 0.1) is 0 Å². The highest BCUT2D eigenvalue weighted by Crippen LogP contribution is 2.16. The van der Waals surface area contributed by atoms with Gasteiger partial charge in [-0.25, -0.2) is 0 Å². The molecule has 0 saturated heterocycles. The summed E-state index contributed by atoms with van der Waals surface area (Å²) in [5.74, 6) is 0. The highest BCUT2D eigenvalue weighted by Gasteiger charge is 2.30. The Balaban J connectivity index is 3.87. The largest absolute Gasteiger partial charge is 0.359 e. The summed E-state index contributed by atoms with van der Waals surface area (Å²) in [5, 5.41) is 7.04.